The van der Waals surface area contributed by atoms with Crippen LogP contribution in [-0.2, 0) is 0 Å². The molecule has 128 valence electrons. The summed E-state index contributed by atoms with van der Waals surface area (Å²) in [6.07, 6.45) is 0. The first-order valence-corrected chi connectivity index (χ1v) is 7.07. The number of nitrogens with one attached hydrogen (secondary N) is 1. The highest BCUT2D eigenvalue weighted by Gasteiger charge is 2.28. The number of piperazine rings is 1. The number of carbonyl (C=O) groups excluding carboxylic acids is 1. The minimum atomic E-state index is -0.576. The minimum absolute atomic E-state index is 0. The average Bonchev–Trinajstić information content (AvgIpc) is 2.54. The molecule has 0 saturated carbocycles. The van der Waals surface area contributed by atoms with E-state index in [-0.39, 0.29) is 35.3 Å². The Morgan fingerprint density at radius 1 is 1.35 bits per heavy atom. The monoisotopic (exact) mass is 345 g/mol. The first-order chi connectivity index (χ1) is 10.6. The molecule has 0 aromatic heterocycles. The molecule has 8 nitrogen and oxygen atoms in total. The van der Waals surface area contributed by atoms with Crippen LogP contribution < -0.4 is 14.8 Å². The number of nitro benzene ring substituents is 1. The van der Waals surface area contributed by atoms with Gasteiger partial charge in [0.1, 0.15) is 5.56 Å². The van der Waals surface area contributed by atoms with Gasteiger partial charge < -0.3 is 19.7 Å². The van der Waals surface area contributed by atoms with Gasteiger partial charge in [-0.3, -0.25) is 14.9 Å². The molecule has 9 heteroatoms. The van der Waals surface area contributed by atoms with E-state index < -0.39 is 4.92 Å². The van der Waals surface area contributed by atoms with E-state index in [1.54, 1.807) is 11.8 Å². The number of benzene rings is 1. The molecule has 0 unspecified atom stereocenters. The summed E-state index contributed by atoms with van der Waals surface area (Å²) in [4.78, 5) is 24.9. The Hall–Kier alpha value is -2.06. The fourth-order valence-electron chi connectivity index (χ4n) is 2.34. The van der Waals surface area contributed by atoms with Gasteiger partial charge in [0.15, 0.2) is 11.5 Å². The van der Waals surface area contributed by atoms with Crippen LogP contribution in [0.1, 0.15) is 17.3 Å². The normalized spacial score (nSPS) is 13.9. The minimum Gasteiger partial charge on any atom is -0.493 e. The number of carbonyl (C=O) groups is 1. The van der Waals surface area contributed by atoms with Crippen molar-refractivity contribution in [2.45, 2.75) is 6.92 Å². The topological polar surface area (TPSA) is 93.9 Å². The molecule has 1 fully saturated rings. The predicted molar refractivity (Wildman–Crippen MR) is 86.8 cm³/mol. The molecule has 0 aliphatic carbocycles. The molecule has 1 N–H and O–H groups in total. The molecule has 23 heavy (non-hydrogen) atoms. The molecule has 0 atom stereocenters. The molecule has 1 heterocycles. The smallest absolute Gasteiger partial charge is 0.286 e. The third-order valence-electron chi connectivity index (χ3n) is 3.41. The zero-order valence-corrected chi connectivity index (χ0v) is 13.9. The van der Waals surface area contributed by atoms with Crippen molar-refractivity contribution in [1.29, 1.82) is 0 Å². The van der Waals surface area contributed by atoms with E-state index >= 15 is 0 Å². The van der Waals surface area contributed by atoms with Crippen molar-refractivity contribution in [1.82, 2.24) is 10.2 Å². The fourth-order valence-corrected chi connectivity index (χ4v) is 2.34. The highest BCUT2D eigenvalue weighted by Crippen LogP contribution is 2.35. The van der Waals surface area contributed by atoms with E-state index in [2.05, 4.69) is 5.32 Å². The molecule has 1 saturated heterocycles. The van der Waals surface area contributed by atoms with Crippen LogP contribution >= 0.6 is 12.4 Å². The Morgan fingerprint density at radius 3 is 2.52 bits per heavy atom. The Labute approximate surface area is 140 Å². The maximum atomic E-state index is 12.6. The zero-order valence-electron chi connectivity index (χ0n) is 13.0. The van der Waals surface area contributed by atoms with Crippen molar-refractivity contribution in [3.63, 3.8) is 0 Å². The first kappa shape index (κ1) is 19.0. The first-order valence-electron chi connectivity index (χ1n) is 7.07. The van der Waals surface area contributed by atoms with Crippen LogP contribution in [-0.4, -0.2) is 55.6 Å². The maximum Gasteiger partial charge on any atom is 0.286 e. The number of nitrogens with zero attached hydrogens (tertiary/aromatic N) is 2. The summed E-state index contributed by atoms with van der Waals surface area (Å²) in [6.45, 7) is 4.55. The summed E-state index contributed by atoms with van der Waals surface area (Å²) in [5, 5.41) is 14.4. The van der Waals surface area contributed by atoms with E-state index in [0.29, 0.717) is 38.5 Å². The standard InChI is InChI=1S/C14H19N3O5.ClH/c1-3-22-13-8-10(11(17(19)20)9-12(13)21-2)14(18)16-6-4-15-5-7-16;/h8-9,15H,3-7H2,1-2H3;1H. The molecule has 1 aromatic carbocycles. The summed E-state index contributed by atoms with van der Waals surface area (Å²) in [6, 6.07) is 2.63. The number of amides is 1. The maximum absolute atomic E-state index is 12.6. The zero-order chi connectivity index (χ0) is 16.1. The Morgan fingerprint density at radius 2 is 2.00 bits per heavy atom. The van der Waals surface area contributed by atoms with E-state index in [0.717, 1.165) is 0 Å². The Bertz CT molecular complexity index is 576. The van der Waals surface area contributed by atoms with Crippen molar-refractivity contribution in [2.75, 3.05) is 39.9 Å². The van der Waals surface area contributed by atoms with Gasteiger partial charge in [0.25, 0.3) is 11.6 Å². The van der Waals surface area contributed by atoms with Crippen molar-refractivity contribution in [3.05, 3.63) is 27.8 Å². The van der Waals surface area contributed by atoms with Crippen LogP contribution in [0.3, 0.4) is 0 Å². The van der Waals surface area contributed by atoms with Gasteiger partial charge in [-0.2, -0.15) is 0 Å². The molecular weight excluding hydrogens is 326 g/mol. The van der Waals surface area contributed by atoms with Crippen LogP contribution in [0.4, 0.5) is 5.69 Å². The van der Waals surface area contributed by atoms with Crippen LogP contribution in [0.15, 0.2) is 12.1 Å². The average molecular weight is 346 g/mol. The molecule has 1 aliphatic heterocycles. The highest BCUT2D eigenvalue weighted by atomic mass is 35.5. The number of rotatable bonds is 5. The molecular formula is C14H20ClN3O5. The molecule has 0 bridgehead atoms. The molecule has 0 radical (unpaired) electrons. The van der Waals surface area contributed by atoms with E-state index in [9.17, 15) is 14.9 Å². The summed E-state index contributed by atoms with van der Waals surface area (Å²) >= 11 is 0. The third-order valence-corrected chi connectivity index (χ3v) is 3.41. The molecule has 1 aliphatic rings. The highest BCUT2D eigenvalue weighted by molar-refractivity contribution is 5.99. The second kappa shape index (κ2) is 8.54. The second-order valence-corrected chi connectivity index (χ2v) is 4.75. The van der Waals surface area contributed by atoms with Gasteiger partial charge in [-0.05, 0) is 6.92 Å². The number of hydrogen-bond donors (Lipinski definition) is 1. The summed E-state index contributed by atoms with van der Waals surface area (Å²) < 4.78 is 10.5. The van der Waals surface area contributed by atoms with Gasteiger partial charge >= 0.3 is 0 Å². The van der Waals surface area contributed by atoms with Crippen molar-refractivity contribution in [2.24, 2.45) is 0 Å². The largest absolute Gasteiger partial charge is 0.493 e. The van der Waals surface area contributed by atoms with Gasteiger partial charge in [0, 0.05) is 32.2 Å². The van der Waals surface area contributed by atoms with E-state index in [1.807, 2.05) is 0 Å². The van der Waals surface area contributed by atoms with Crippen molar-refractivity contribution in [3.8, 4) is 11.5 Å². The van der Waals surface area contributed by atoms with Crippen molar-refractivity contribution < 1.29 is 19.2 Å². The number of halogens is 1. The molecule has 2 rings (SSSR count). The number of ether oxygens (including phenoxy) is 2. The van der Waals surface area contributed by atoms with E-state index in [4.69, 9.17) is 9.47 Å². The fraction of sp³-hybridized carbons (Fsp3) is 0.500. The lowest BCUT2D eigenvalue weighted by Gasteiger charge is -2.27. The SMILES string of the molecule is CCOc1cc(C(=O)N2CCNCC2)c([N+](=O)[O-])cc1OC.Cl. The number of hydrogen-bond acceptors (Lipinski definition) is 6. The number of nitro groups is 1. The van der Waals surface area contributed by atoms with Gasteiger partial charge in [-0.1, -0.05) is 0 Å². The molecule has 1 amide bonds. The van der Waals surface area contributed by atoms with Gasteiger partial charge in [-0.15, -0.1) is 12.4 Å². The van der Waals surface area contributed by atoms with Crippen molar-refractivity contribution >= 4 is 24.0 Å². The summed E-state index contributed by atoms with van der Waals surface area (Å²) in [5.74, 6) is 0.205. The Balaban J connectivity index is 0.00000264. The second-order valence-electron chi connectivity index (χ2n) is 4.75. The lowest BCUT2D eigenvalue weighted by Crippen LogP contribution is -2.46. The van der Waals surface area contributed by atoms with E-state index in [1.165, 1.54) is 19.2 Å². The van der Waals surface area contributed by atoms with Crippen LogP contribution in [0, 0.1) is 10.1 Å². The third kappa shape index (κ3) is 4.23. The van der Waals surface area contributed by atoms with Crippen LogP contribution in [0.25, 0.3) is 0 Å². The lowest BCUT2D eigenvalue weighted by atomic mass is 10.1. The quantitative estimate of drug-likeness (QED) is 0.641. The summed E-state index contributed by atoms with van der Waals surface area (Å²) in [5.41, 5.74) is -0.250. The molecule has 0 spiro atoms. The predicted octanol–water partition coefficient (Wildman–Crippen LogP) is 1.47. The van der Waals surface area contributed by atoms with Crippen LogP contribution in [0.5, 0.6) is 11.5 Å². The lowest BCUT2D eigenvalue weighted by molar-refractivity contribution is -0.385. The molecule has 1 aromatic rings. The van der Waals surface area contributed by atoms with Gasteiger partial charge in [0.05, 0.1) is 24.7 Å². The van der Waals surface area contributed by atoms with Gasteiger partial charge in [-0.25, -0.2) is 0 Å². The van der Waals surface area contributed by atoms with Crippen LogP contribution in [0.2, 0.25) is 0 Å². The summed E-state index contributed by atoms with van der Waals surface area (Å²) in [7, 11) is 1.40. The number of methoxy groups -OCH3 is 1. The Kier molecular flexibility index (Phi) is 7.05. The van der Waals surface area contributed by atoms with Gasteiger partial charge in [0.2, 0.25) is 0 Å².